The number of likely N-dealkylation sites (tertiary alicyclic amines) is 1. The minimum atomic E-state index is -0.245. The summed E-state index contributed by atoms with van der Waals surface area (Å²) in [6, 6.07) is 0. The molecule has 0 spiro atoms. The summed E-state index contributed by atoms with van der Waals surface area (Å²) >= 11 is 0. The van der Waals surface area contributed by atoms with Crippen LogP contribution >= 0.6 is 0 Å². The van der Waals surface area contributed by atoms with E-state index >= 15 is 0 Å². The Labute approximate surface area is 127 Å². The minimum Gasteiger partial charge on any atom is -0.366 e. The lowest BCUT2D eigenvalue weighted by atomic mass is 9.97. The quantitative estimate of drug-likeness (QED) is 0.905. The van der Waals surface area contributed by atoms with Gasteiger partial charge in [-0.05, 0) is 26.7 Å². The van der Waals surface area contributed by atoms with Crippen molar-refractivity contribution in [2.75, 3.05) is 13.1 Å². The molecule has 3 rings (SSSR count). The molecule has 1 aliphatic rings. The second kappa shape index (κ2) is 5.75. The van der Waals surface area contributed by atoms with Crippen LogP contribution in [0, 0.1) is 13.8 Å². The SMILES string of the molecule is Cc1noc(C2CCCN(C(=O)c3c[nH]cc(C)c3=O)C2)n1. The fourth-order valence-electron chi connectivity index (χ4n) is 2.76. The van der Waals surface area contributed by atoms with Crippen molar-refractivity contribution in [3.05, 3.63) is 45.5 Å². The number of hydrogen-bond acceptors (Lipinski definition) is 5. The van der Waals surface area contributed by atoms with Crippen molar-refractivity contribution < 1.29 is 9.32 Å². The Balaban J connectivity index is 1.81. The summed E-state index contributed by atoms with van der Waals surface area (Å²) in [5.74, 6) is 0.940. The lowest BCUT2D eigenvalue weighted by Gasteiger charge is -2.30. The van der Waals surface area contributed by atoms with Gasteiger partial charge in [0.05, 0.1) is 5.92 Å². The molecule has 0 aromatic carbocycles. The molecule has 116 valence electrons. The van der Waals surface area contributed by atoms with Gasteiger partial charge in [-0.25, -0.2) is 0 Å². The molecule has 1 amide bonds. The Hall–Kier alpha value is -2.44. The number of hydrogen-bond donors (Lipinski definition) is 1. The molecule has 0 bridgehead atoms. The van der Waals surface area contributed by atoms with Crippen LogP contribution < -0.4 is 5.43 Å². The van der Waals surface area contributed by atoms with E-state index in [9.17, 15) is 9.59 Å². The molecule has 1 aliphatic heterocycles. The molecule has 1 atom stereocenters. The molecule has 2 aromatic heterocycles. The third-order valence-corrected chi connectivity index (χ3v) is 3.96. The van der Waals surface area contributed by atoms with E-state index in [0.29, 0.717) is 30.4 Å². The van der Waals surface area contributed by atoms with Crippen LogP contribution in [0.25, 0.3) is 0 Å². The molecule has 1 fully saturated rings. The highest BCUT2D eigenvalue weighted by Crippen LogP contribution is 2.26. The lowest BCUT2D eigenvalue weighted by molar-refractivity contribution is 0.0694. The summed E-state index contributed by atoms with van der Waals surface area (Å²) in [5.41, 5.74) is 0.494. The molecule has 1 saturated heterocycles. The van der Waals surface area contributed by atoms with Crippen LogP contribution in [0.1, 0.15) is 46.4 Å². The first kappa shape index (κ1) is 14.5. The highest BCUT2D eigenvalue weighted by molar-refractivity contribution is 5.94. The molecular weight excluding hydrogens is 284 g/mol. The van der Waals surface area contributed by atoms with Crippen molar-refractivity contribution in [2.45, 2.75) is 32.6 Å². The van der Waals surface area contributed by atoms with E-state index in [1.807, 2.05) is 0 Å². The number of aromatic amines is 1. The molecule has 1 N–H and O–H groups in total. The number of carbonyl (C=O) groups excluding carboxylic acids is 1. The summed E-state index contributed by atoms with van der Waals surface area (Å²) in [7, 11) is 0. The molecule has 2 aromatic rings. The summed E-state index contributed by atoms with van der Waals surface area (Å²) < 4.78 is 5.21. The van der Waals surface area contributed by atoms with Gasteiger partial charge in [0.15, 0.2) is 11.3 Å². The number of H-pyrrole nitrogens is 1. The lowest BCUT2D eigenvalue weighted by Crippen LogP contribution is -2.41. The molecule has 0 saturated carbocycles. The molecule has 0 aliphatic carbocycles. The van der Waals surface area contributed by atoms with E-state index in [-0.39, 0.29) is 22.8 Å². The maximum absolute atomic E-state index is 12.6. The number of aryl methyl sites for hydroxylation is 2. The van der Waals surface area contributed by atoms with Crippen molar-refractivity contribution in [3.8, 4) is 0 Å². The third-order valence-electron chi connectivity index (χ3n) is 3.96. The van der Waals surface area contributed by atoms with Gasteiger partial charge >= 0.3 is 0 Å². The van der Waals surface area contributed by atoms with E-state index in [1.54, 1.807) is 24.9 Å². The van der Waals surface area contributed by atoms with Gasteiger partial charge in [0.2, 0.25) is 5.89 Å². The number of nitrogens with one attached hydrogen (secondary N) is 1. The normalized spacial score (nSPS) is 18.5. The molecule has 22 heavy (non-hydrogen) atoms. The fraction of sp³-hybridized carbons (Fsp3) is 0.467. The fourth-order valence-corrected chi connectivity index (χ4v) is 2.76. The number of pyridine rings is 1. The molecule has 1 unspecified atom stereocenters. The van der Waals surface area contributed by atoms with Gasteiger partial charge in [0.25, 0.3) is 5.91 Å². The Kier molecular flexibility index (Phi) is 3.79. The zero-order valence-electron chi connectivity index (χ0n) is 12.6. The van der Waals surface area contributed by atoms with Gasteiger partial charge in [-0.15, -0.1) is 0 Å². The molecule has 7 nitrogen and oxygen atoms in total. The highest BCUT2D eigenvalue weighted by Gasteiger charge is 2.29. The van der Waals surface area contributed by atoms with Crippen LogP contribution in [0.5, 0.6) is 0 Å². The van der Waals surface area contributed by atoms with E-state index in [2.05, 4.69) is 15.1 Å². The van der Waals surface area contributed by atoms with Crippen molar-refractivity contribution in [1.29, 1.82) is 0 Å². The monoisotopic (exact) mass is 302 g/mol. The number of rotatable bonds is 2. The first-order chi connectivity index (χ1) is 10.6. The Morgan fingerprint density at radius 2 is 2.23 bits per heavy atom. The van der Waals surface area contributed by atoms with Crippen LogP contribution in [0.15, 0.2) is 21.7 Å². The smallest absolute Gasteiger partial charge is 0.259 e. The Bertz CT molecular complexity index is 749. The zero-order valence-corrected chi connectivity index (χ0v) is 12.6. The first-order valence-corrected chi connectivity index (χ1v) is 7.33. The third kappa shape index (κ3) is 2.66. The van der Waals surface area contributed by atoms with Crippen molar-refractivity contribution in [1.82, 2.24) is 20.0 Å². The van der Waals surface area contributed by atoms with Crippen molar-refractivity contribution >= 4 is 5.91 Å². The van der Waals surface area contributed by atoms with E-state index in [4.69, 9.17) is 4.52 Å². The van der Waals surface area contributed by atoms with Crippen LogP contribution in [0.4, 0.5) is 0 Å². The van der Waals surface area contributed by atoms with Gasteiger partial charge in [-0.3, -0.25) is 9.59 Å². The number of aromatic nitrogens is 3. The predicted molar refractivity (Wildman–Crippen MR) is 78.7 cm³/mol. The number of carbonyl (C=O) groups is 1. The van der Waals surface area contributed by atoms with E-state index < -0.39 is 0 Å². The molecule has 3 heterocycles. The standard InChI is InChI=1S/C15H18N4O3/c1-9-6-16-7-12(13(9)20)15(21)19-5-3-4-11(8-19)14-17-10(2)18-22-14/h6-7,11H,3-5,8H2,1-2H3,(H,16,20). The van der Waals surface area contributed by atoms with Crippen LogP contribution in [0.2, 0.25) is 0 Å². The average molecular weight is 302 g/mol. The number of amides is 1. The van der Waals surface area contributed by atoms with E-state index in [0.717, 1.165) is 12.8 Å². The molecular formula is C15H18N4O3. The first-order valence-electron chi connectivity index (χ1n) is 7.33. The minimum absolute atomic E-state index is 0.0304. The molecule has 7 heteroatoms. The van der Waals surface area contributed by atoms with Gasteiger partial charge in [-0.1, -0.05) is 5.16 Å². The maximum atomic E-state index is 12.6. The second-order valence-electron chi connectivity index (χ2n) is 5.65. The van der Waals surface area contributed by atoms with Crippen molar-refractivity contribution in [3.63, 3.8) is 0 Å². The molecule has 0 radical (unpaired) electrons. The second-order valence-corrected chi connectivity index (χ2v) is 5.65. The van der Waals surface area contributed by atoms with Gasteiger partial charge in [0, 0.05) is 31.0 Å². The zero-order chi connectivity index (χ0) is 15.7. The highest BCUT2D eigenvalue weighted by atomic mass is 16.5. The van der Waals surface area contributed by atoms with Gasteiger partial charge < -0.3 is 14.4 Å². The summed E-state index contributed by atoms with van der Waals surface area (Å²) in [5, 5.41) is 3.80. The Morgan fingerprint density at radius 1 is 1.41 bits per heavy atom. The van der Waals surface area contributed by atoms with Gasteiger partial charge in [0.1, 0.15) is 5.56 Å². The Morgan fingerprint density at radius 3 is 2.95 bits per heavy atom. The van der Waals surface area contributed by atoms with Crippen molar-refractivity contribution in [2.24, 2.45) is 0 Å². The summed E-state index contributed by atoms with van der Waals surface area (Å²) in [6.07, 6.45) is 4.81. The van der Waals surface area contributed by atoms with Gasteiger partial charge in [-0.2, -0.15) is 4.98 Å². The van der Waals surface area contributed by atoms with E-state index in [1.165, 1.54) is 6.20 Å². The summed E-state index contributed by atoms with van der Waals surface area (Å²) in [6.45, 7) is 4.59. The average Bonchev–Trinajstić information content (AvgIpc) is 2.96. The van der Waals surface area contributed by atoms with Crippen LogP contribution in [-0.2, 0) is 0 Å². The van der Waals surface area contributed by atoms with Crippen LogP contribution in [-0.4, -0.2) is 39.0 Å². The number of piperidine rings is 1. The largest absolute Gasteiger partial charge is 0.366 e. The number of nitrogens with zero attached hydrogens (tertiary/aromatic N) is 3. The summed E-state index contributed by atoms with van der Waals surface area (Å²) in [4.78, 5) is 33.5. The topological polar surface area (TPSA) is 92.1 Å². The predicted octanol–water partition coefficient (Wildman–Crippen LogP) is 1.39. The maximum Gasteiger partial charge on any atom is 0.259 e. The van der Waals surface area contributed by atoms with Crippen LogP contribution in [0.3, 0.4) is 0 Å².